The molecule has 126 valence electrons. The summed E-state index contributed by atoms with van der Waals surface area (Å²) in [5.41, 5.74) is 1.57. The summed E-state index contributed by atoms with van der Waals surface area (Å²) < 4.78 is 40.5. The first-order valence-corrected chi connectivity index (χ1v) is 7.05. The summed E-state index contributed by atoms with van der Waals surface area (Å²) in [6.07, 6.45) is -4.25. The number of alkyl halides is 3. The van der Waals surface area contributed by atoms with Gasteiger partial charge in [-0.1, -0.05) is 23.7 Å². The topological polar surface area (TPSA) is 41.9 Å². The third-order valence-electron chi connectivity index (χ3n) is 2.89. The fourth-order valence-corrected chi connectivity index (χ4v) is 2.01. The van der Waals surface area contributed by atoms with Crippen LogP contribution in [0.4, 0.5) is 13.2 Å². The number of hydrogen-bond acceptors (Lipinski definition) is 3. The molecule has 0 N–H and O–H groups in total. The molecule has 4 nitrogen and oxygen atoms in total. The van der Waals surface area contributed by atoms with E-state index in [0.29, 0.717) is 28.3 Å². The Morgan fingerprint density at radius 3 is 2.04 bits per heavy atom. The van der Waals surface area contributed by atoms with E-state index in [2.05, 4.69) is 9.84 Å². The van der Waals surface area contributed by atoms with Gasteiger partial charge >= 0.3 is 6.36 Å². The summed E-state index contributed by atoms with van der Waals surface area (Å²) in [5, 5.41) is 5.73. The molecule has 24 heavy (non-hydrogen) atoms. The Morgan fingerprint density at radius 2 is 1.58 bits per heavy atom. The van der Waals surface area contributed by atoms with Gasteiger partial charge in [-0.05, 0) is 36.4 Å². The third kappa shape index (κ3) is 4.99. The lowest BCUT2D eigenvalue weighted by atomic mass is 10.0. The Bertz CT molecular complexity index is 728. The molecule has 0 aliphatic carbocycles. The van der Waals surface area contributed by atoms with Gasteiger partial charge in [0.15, 0.2) is 0 Å². The van der Waals surface area contributed by atoms with Crippen molar-refractivity contribution >= 4 is 23.7 Å². The van der Waals surface area contributed by atoms with Gasteiger partial charge in [-0.15, -0.1) is 13.2 Å². The van der Waals surface area contributed by atoms with Crippen LogP contribution in [-0.4, -0.2) is 30.5 Å². The molecule has 0 aromatic heterocycles. The van der Waals surface area contributed by atoms with Gasteiger partial charge < -0.3 is 4.74 Å². The minimum atomic E-state index is -4.76. The zero-order valence-electron chi connectivity index (χ0n) is 12.4. The second kappa shape index (κ2) is 7.35. The molecule has 8 heteroatoms. The minimum Gasteiger partial charge on any atom is -0.406 e. The molecule has 0 saturated heterocycles. The number of nitrogens with zero attached hydrogens (tertiary/aromatic N) is 2. The van der Waals surface area contributed by atoms with Crippen molar-refractivity contribution in [3.05, 3.63) is 64.7 Å². The molecule has 0 fully saturated rings. The van der Waals surface area contributed by atoms with Crippen LogP contribution in [0.15, 0.2) is 53.6 Å². The third-order valence-corrected chi connectivity index (χ3v) is 3.14. The number of hydrazone groups is 1. The summed E-state index contributed by atoms with van der Waals surface area (Å²) in [6.45, 7) is 0. The van der Waals surface area contributed by atoms with Gasteiger partial charge in [0.1, 0.15) is 5.75 Å². The molecular formula is C16H12ClF3N2O2. The van der Waals surface area contributed by atoms with E-state index >= 15 is 0 Å². The lowest BCUT2D eigenvalue weighted by Gasteiger charge is -2.12. The quantitative estimate of drug-likeness (QED) is 0.460. The number of ether oxygens (including phenoxy) is 1. The minimum absolute atomic E-state index is 0.342. The second-order valence-corrected chi connectivity index (χ2v) is 5.14. The lowest BCUT2D eigenvalue weighted by Crippen LogP contribution is -2.17. The summed E-state index contributed by atoms with van der Waals surface area (Å²) in [5.74, 6) is -0.342. The fourth-order valence-electron chi connectivity index (χ4n) is 1.89. The summed E-state index contributed by atoms with van der Waals surface area (Å²) in [4.78, 5) is 10.8. The highest BCUT2D eigenvalue weighted by Crippen LogP contribution is 2.24. The molecule has 2 aromatic rings. The summed E-state index contributed by atoms with van der Waals surface area (Å²) in [6, 6.07) is 11.9. The number of amides is 1. The van der Waals surface area contributed by atoms with E-state index in [1.165, 1.54) is 31.3 Å². The van der Waals surface area contributed by atoms with Crippen LogP contribution >= 0.6 is 11.6 Å². The van der Waals surface area contributed by atoms with Crippen molar-refractivity contribution in [2.75, 3.05) is 7.05 Å². The normalized spacial score (nSPS) is 12.0. The number of halogens is 4. The smallest absolute Gasteiger partial charge is 0.406 e. The molecule has 0 spiro atoms. The van der Waals surface area contributed by atoms with Crippen molar-refractivity contribution in [2.45, 2.75) is 6.36 Å². The van der Waals surface area contributed by atoms with Gasteiger partial charge in [-0.2, -0.15) is 5.10 Å². The Kier molecular flexibility index (Phi) is 5.46. The Balaban J connectivity index is 2.39. The molecular weight excluding hydrogens is 345 g/mol. The highest BCUT2D eigenvalue weighted by molar-refractivity contribution is 6.30. The zero-order valence-corrected chi connectivity index (χ0v) is 13.2. The molecule has 0 saturated carbocycles. The molecule has 2 aromatic carbocycles. The monoisotopic (exact) mass is 356 g/mol. The van der Waals surface area contributed by atoms with Crippen molar-refractivity contribution in [2.24, 2.45) is 5.10 Å². The van der Waals surface area contributed by atoms with E-state index in [0.717, 1.165) is 5.01 Å². The van der Waals surface area contributed by atoms with Crippen molar-refractivity contribution < 1.29 is 22.7 Å². The number of hydrogen-bond donors (Lipinski definition) is 0. The highest BCUT2D eigenvalue weighted by Gasteiger charge is 2.31. The first-order chi connectivity index (χ1) is 11.3. The predicted octanol–water partition coefficient (Wildman–Crippen LogP) is 4.08. The van der Waals surface area contributed by atoms with Crippen molar-refractivity contribution in [3.8, 4) is 5.75 Å². The lowest BCUT2D eigenvalue weighted by molar-refractivity contribution is -0.274. The molecule has 0 heterocycles. The maximum atomic E-state index is 12.2. The first-order valence-electron chi connectivity index (χ1n) is 6.67. The van der Waals surface area contributed by atoms with Crippen LogP contribution < -0.4 is 4.74 Å². The molecule has 1 amide bonds. The zero-order chi connectivity index (χ0) is 17.7. The molecule has 0 unspecified atom stereocenters. The van der Waals surface area contributed by atoms with Gasteiger partial charge in [-0.25, -0.2) is 5.01 Å². The van der Waals surface area contributed by atoms with Crippen molar-refractivity contribution in [1.82, 2.24) is 5.01 Å². The van der Waals surface area contributed by atoms with Gasteiger partial charge in [0.05, 0.1) is 5.71 Å². The number of rotatable bonds is 5. The van der Waals surface area contributed by atoms with E-state index in [1.807, 2.05) is 0 Å². The highest BCUT2D eigenvalue weighted by atomic mass is 35.5. The van der Waals surface area contributed by atoms with E-state index < -0.39 is 6.36 Å². The van der Waals surface area contributed by atoms with Crippen molar-refractivity contribution in [3.63, 3.8) is 0 Å². The van der Waals surface area contributed by atoms with Crippen LogP contribution in [-0.2, 0) is 4.79 Å². The van der Waals surface area contributed by atoms with Crippen LogP contribution in [0.1, 0.15) is 11.1 Å². The van der Waals surface area contributed by atoms with E-state index in [4.69, 9.17) is 11.6 Å². The molecule has 2 rings (SSSR count). The van der Waals surface area contributed by atoms with Crippen LogP contribution in [0.3, 0.4) is 0 Å². The Hall–Kier alpha value is -2.54. The van der Waals surface area contributed by atoms with Crippen LogP contribution in [0, 0.1) is 0 Å². The van der Waals surface area contributed by atoms with Crippen molar-refractivity contribution in [1.29, 1.82) is 0 Å². The molecule has 0 aliphatic rings. The van der Waals surface area contributed by atoms with Gasteiger partial charge in [0, 0.05) is 23.2 Å². The number of carbonyl (C=O) groups is 1. The predicted molar refractivity (Wildman–Crippen MR) is 84.0 cm³/mol. The first kappa shape index (κ1) is 17.8. The summed E-state index contributed by atoms with van der Waals surface area (Å²) in [7, 11) is 1.45. The van der Waals surface area contributed by atoms with Crippen LogP contribution in [0.25, 0.3) is 0 Å². The molecule has 0 bridgehead atoms. The van der Waals surface area contributed by atoms with Crippen LogP contribution in [0.2, 0.25) is 5.02 Å². The standard InChI is InChI=1S/C16H12ClF3N2O2/c1-22(10-23)21-15(11-2-6-13(17)7-3-11)12-4-8-14(9-5-12)24-16(18,19)20/h2-10H,1H3. The maximum absolute atomic E-state index is 12.2. The average molecular weight is 357 g/mol. The molecule has 0 atom stereocenters. The Morgan fingerprint density at radius 1 is 1.08 bits per heavy atom. The number of carbonyl (C=O) groups excluding carboxylic acids is 1. The van der Waals surface area contributed by atoms with Gasteiger partial charge in [-0.3, -0.25) is 4.79 Å². The SMILES string of the molecule is CN(C=O)N=C(c1ccc(Cl)cc1)c1ccc(OC(F)(F)F)cc1. The Labute approximate surface area is 141 Å². The van der Waals surface area contributed by atoms with E-state index in [-0.39, 0.29) is 5.75 Å². The molecule has 0 radical (unpaired) electrons. The van der Waals surface area contributed by atoms with E-state index in [1.54, 1.807) is 24.3 Å². The van der Waals surface area contributed by atoms with E-state index in [9.17, 15) is 18.0 Å². The fraction of sp³-hybridized carbons (Fsp3) is 0.125. The maximum Gasteiger partial charge on any atom is 0.573 e. The second-order valence-electron chi connectivity index (χ2n) is 4.71. The number of benzene rings is 2. The summed E-state index contributed by atoms with van der Waals surface area (Å²) >= 11 is 5.85. The molecule has 0 aliphatic heterocycles. The van der Waals surface area contributed by atoms with Gasteiger partial charge in [0.25, 0.3) is 0 Å². The average Bonchev–Trinajstić information content (AvgIpc) is 2.53. The largest absolute Gasteiger partial charge is 0.573 e. The van der Waals surface area contributed by atoms with Gasteiger partial charge in [0.2, 0.25) is 6.41 Å². The van der Waals surface area contributed by atoms with Crippen LogP contribution in [0.5, 0.6) is 5.75 Å².